The van der Waals surface area contributed by atoms with Gasteiger partial charge in [-0.3, -0.25) is 10.3 Å². The van der Waals surface area contributed by atoms with Crippen molar-refractivity contribution in [3.8, 4) is 6.19 Å². The number of thioether (sulfide) groups is 1. The fourth-order valence-corrected chi connectivity index (χ4v) is 2.23. The van der Waals surface area contributed by atoms with Crippen LogP contribution in [0, 0.1) is 18.4 Å². The van der Waals surface area contributed by atoms with E-state index >= 15 is 0 Å². The molecule has 0 aliphatic rings. The lowest BCUT2D eigenvalue weighted by Crippen LogP contribution is -2.37. The van der Waals surface area contributed by atoms with Crippen molar-refractivity contribution >= 4 is 17.7 Å². The molecule has 1 rings (SSSR count). The summed E-state index contributed by atoms with van der Waals surface area (Å²) in [7, 11) is 1.85. The monoisotopic (exact) mass is 253 g/mol. The Kier molecular flexibility index (Phi) is 5.36. The first-order valence-corrected chi connectivity index (χ1v) is 6.36. The molecular formula is C10H17N6S+. The van der Waals surface area contributed by atoms with Crippen LogP contribution >= 0.6 is 11.8 Å². The Labute approximate surface area is 105 Å². The Morgan fingerprint density at radius 2 is 2.53 bits per heavy atom. The molecule has 0 spiro atoms. The second-order valence-corrected chi connectivity index (χ2v) is 4.67. The second kappa shape index (κ2) is 6.81. The third kappa shape index (κ3) is 4.36. The molecule has 6 nitrogen and oxygen atoms in total. The Morgan fingerprint density at radius 3 is 3.12 bits per heavy atom. The van der Waals surface area contributed by atoms with Gasteiger partial charge in [0.15, 0.2) is 0 Å². The number of aromatic amines is 1. The predicted molar refractivity (Wildman–Crippen MR) is 68.5 cm³/mol. The Morgan fingerprint density at radius 1 is 1.76 bits per heavy atom. The maximum Gasteiger partial charge on any atom is 0.357 e. The Balaban J connectivity index is 2.27. The summed E-state index contributed by atoms with van der Waals surface area (Å²) in [5, 5.41) is 10.8. The molecule has 7 heteroatoms. The summed E-state index contributed by atoms with van der Waals surface area (Å²) in [5.74, 6) is 2.22. The van der Waals surface area contributed by atoms with Gasteiger partial charge in [-0.2, -0.15) is 22.3 Å². The first-order chi connectivity index (χ1) is 8.15. The third-order valence-electron chi connectivity index (χ3n) is 2.35. The van der Waals surface area contributed by atoms with Gasteiger partial charge >= 0.3 is 5.96 Å². The summed E-state index contributed by atoms with van der Waals surface area (Å²) in [6.45, 7) is 2.78. The van der Waals surface area contributed by atoms with Crippen LogP contribution in [0.2, 0.25) is 0 Å². The first kappa shape index (κ1) is 13.4. The topological polar surface area (TPSA) is 93.5 Å². The molecule has 0 fully saturated rings. The van der Waals surface area contributed by atoms with Gasteiger partial charge in [0.05, 0.1) is 25.6 Å². The minimum Gasteiger partial charge on any atom is -0.348 e. The van der Waals surface area contributed by atoms with E-state index in [1.807, 2.05) is 18.5 Å². The van der Waals surface area contributed by atoms with Gasteiger partial charge in [0.2, 0.25) is 0 Å². The van der Waals surface area contributed by atoms with Gasteiger partial charge in [-0.1, -0.05) is 0 Å². The number of aryl methyl sites for hydroxylation is 1. The third-order valence-corrected chi connectivity index (χ3v) is 3.31. The average molecular weight is 253 g/mol. The van der Waals surface area contributed by atoms with Crippen LogP contribution in [0.1, 0.15) is 11.4 Å². The van der Waals surface area contributed by atoms with E-state index in [0.717, 1.165) is 29.4 Å². The SMILES string of the molecule is Cc1nc[nH]c1CSCC[N+](C)=C(N)NC#N. The second-order valence-electron chi connectivity index (χ2n) is 3.56. The van der Waals surface area contributed by atoms with Gasteiger partial charge in [0.1, 0.15) is 0 Å². The highest BCUT2D eigenvalue weighted by atomic mass is 32.2. The maximum absolute atomic E-state index is 8.41. The maximum atomic E-state index is 8.41. The molecule has 4 N–H and O–H groups in total. The number of H-pyrrole nitrogens is 1. The van der Waals surface area contributed by atoms with Crippen LogP contribution in [0.4, 0.5) is 0 Å². The van der Waals surface area contributed by atoms with Crippen LogP contribution in [0.15, 0.2) is 6.33 Å². The number of guanidine groups is 1. The van der Waals surface area contributed by atoms with Crippen molar-refractivity contribution < 1.29 is 4.58 Å². The highest BCUT2D eigenvalue weighted by Crippen LogP contribution is 2.11. The van der Waals surface area contributed by atoms with Crippen LogP contribution in [-0.4, -0.2) is 39.8 Å². The van der Waals surface area contributed by atoms with Crippen molar-refractivity contribution in [1.29, 1.82) is 5.26 Å². The van der Waals surface area contributed by atoms with E-state index in [1.165, 1.54) is 0 Å². The van der Waals surface area contributed by atoms with Crippen molar-refractivity contribution in [2.75, 3.05) is 19.3 Å². The summed E-state index contributed by atoms with van der Waals surface area (Å²) in [6, 6.07) is 0. The van der Waals surface area contributed by atoms with Gasteiger partial charge in [0, 0.05) is 17.2 Å². The number of nitrogens with two attached hydrogens (primary N) is 1. The molecule has 1 aromatic rings. The van der Waals surface area contributed by atoms with Crippen molar-refractivity contribution in [3.05, 3.63) is 17.7 Å². The molecular weight excluding hydrogens is 236 g/mol. The molecule has 0 radical (unpaired) electrons. The number of nitrogens with zero attached hydrogens (tertiary/aromatic N) is 3. The molecule has 0 saturated carbocycles. The fourth-order valence-electron chi connectivity index (χ4n) is 1.18. The lowest BCUT2D eigenvalue weighted by Gasteiger charge is -2.03. The molecule has 0 saturated heterocycles. The van der Waals surface area contributed by atoms with Crippen LogP contribution < -0.4 is 11.1 Å². The summed E-state index contributed by atoms with van der Waals surface area (Å²) >= 11 is 1.80. The van der Waals surface area contributed by atoms with Crippen LogP contribution in [-0.2, 0) is 5.75 Å². The molecule has 0 aliphatic heterocycles. The van der Waals surface area contributed by atoms with Crippen LogP contribution in [0.5, 0.6) is 0 Å². The molecule has 17 heavy (non-hydrogen) atoms. The number of aromatic nitrogens is 2. The Bertz CT molecular complexity index is 430. The summed E-state index contributed by atoms with van der Waals surface area (Å²) < 4.78 is 1.82. The summed E-state index contributed by atoms with van der Waals surface area (Å²) in [4.78, 5) is 7.24. The van der Waals surface area contributed by atoms with Crippen molar-refractivity contribution in [2.24, 2.45) is 5.73 Å². The molecule has 1 aromatic heterocycles. The van der Waals surface area contributed by atoms with E-state index in [2.05, 4.69) is 15.3 Å². The number of hydrogen-bond donors (Lipinski definition) is 3. The highest BCUT2D eigenvalue weighted by Gasteiger charge is 2.04. The highest BCUT2D eigenvalue weighted by molar-refractivity contribution is 7.98. The zero-order valence-corrected chi connectivity index (χ0v) is 10.8. The van der Waals surface area contributed by atoms with Crippen molar-refractivity contribution in [3.63, 3.8) is 0 Å². The summed E-state index contributed by atoms with van der Waals surface area (Å²) in [6.07, 6.45) is 3.50. The van der Waals surface area contributed by atoms with Gasteiger partial charge in [-0.15, -0.1) is 0 Å². The standard InChI is InChI=1S/C10H16N6S/c1-8-9(15-7-14-8)5-17-4-3-16(2)10(12)13-6-11/h7H,3-5H2,1-2H3,(H3,12,13,14,15)/p+1. The quantitative estimate of drug-likeness (QED) is 0.171. The lowest BCUT2D eigenvalue weighted by atomic mass is 10.4. The number of nitriles is 1. The molecule has 1 heterocycles. The van der Waals surface area contributed by atoms with Crippen molar-refractivity contribution in [1.82, 2.24) is 15.3 Å². The van der Waals surface area contributed by atoms with Crippen molar-refractivity contribution in [2.45, 2.75) is 12.7 Å². The zero-order valence-electron chi connectivity index (χ0n) is 10.0. The van der Waals surface area contributed by atoms with Gasteiger partial charge in [-0.25, -0.2) is 4.98 Å². The van der Waals surface area contributed by atoms with Gasteiger partial charge in [0.25, 0.3) is 6.19 Å². The van der Waals surface area contributed by atoms with Gasteiger partial charge < -0.3 is 4.98 Å². The molecule has 0 aliphatic carbocycles. The minimum atomic E-state index is 0.380. The minimum absolute atomic E-state index is 0.380. The van der Waals surface area contributed by atoms with Crippen LogP contribution in [0.25, 0.3) is 0 Å². The van der Waals surface area contributed by atoms with E-state index in [-0.39, 0.29) is 0 Å². The summed E-state index contributed by atoms with van der Waals surface area (Å²) in [5.41, 5.74) is 7.81. The van der Waals surface area contributed by atoms with E-state index in [4.69, 9.17) is 11.0 Å². The number of nitrogens with one attached hydrogen (secondary N) is 2. The van der Waals surface area contributed by atoms with Crippen LogP contribution in [0.3, 0.4) is 0 Å². The fraction of sp³-hybridized carbons (Fsp3) is 0.500. The molecule has 0 atom stereocenters. The average Bonchev–Trinajstić information content (AvgIpc) is 2.70. The smallest absolute Gasteiger partial charge is 0.348 e. The molecule has 92 valence electrons. The lowest BCUT2D eigenvalue weighted by molar-refractivity contribution is -0.494. The molecule has 0 amide bonds. The molecule has 0 unspecified atom stereocenters. The molecule has 0 aromatic carbocycles. The molecule has 0 bridgehead atoms. The first-order valence-electron chi connectivity index (χ1n) is 5.20. The van der Waals surface area contributed by atoms with E-state index in [0.29, 0.717) is 5.96 Å². The predicted octanol–water partition coefficient (Wildman–Crippen LogP) is -0.0210. The number of imidazole rings is 1. The van der Waals surface area contributed by atoms with E-state index in [1.54, 1.807) is 24.3 Å². The largest absolute Gasteiger partial charge is 0.357 e. The van der Waals surface area contributed by atoms with E-state index < -0.39 is 0 Å². The number of rotatable bonds is 5. The van der Waals surface area contributed by atoms with Gasteiger partial charge in [-0.05, 0) is 6.92 Å². The zero-order chi connectivity index (χ0) is 12.7. The van der Waals surface area contributed by atoms with E-state index in [9.17, 15) is 0 Å². The number of hydrogen-bond acceptors (Lipinski definition) is 3. The Hall–Kier alpha value is -1.68. The normalized spacial score (nSPS) is 11.8.